The molecule has 1 aliphatic heterocycles. The van der Waals surface area contributed by atoms with Gasteiger partial charge in [0.2, 0.25) is 5.91 Å². The molecule has 1 heterocycles. The van der Waals surface area contributed by atoms with E-state index in [-0.39, 0.29) is 5.91 Å². The Kier molecular flexibility index (Phi) is 5.77. The van der Waals surface area contributed by atoms with Crippen LogP contribution in [-0.4, -0.2) is 47.7 Å². The number of carbonyl (C=O) groups is 2. The molecule has 1 atom stereocenters. The SMILES string of the molecule is NC(Cc1ccccc1)C(=O)NCC1CCN(C(=O)O)CC1. The van der Waals surface area contributed by atoms with Gasteiger partial charge in [0.25, 0.3) is 0 Å². The lowest BCUT2D eigenvalue weighted by molar-refractivity contribution is -0.122. The monoisotopic (exact) mass is 305 g/mol. The molecular formula is C16H23N3O3. The summed E-state index contributed by atoms with van der Waals surface area (Å²) in [5.41, 5.74) is 6.97. The molecular weight excluding hydrogens is 282 g/mol. The van der Waals surface area contributed by atoms with Crippen LogP contribution in [0.25, 0.3) is 0 Å². The molecule has 1 aromatic rings. The summed E-state index contributed by atoms with van der Waals surface area (Å²) in [6.07, 6.45) is 1.21. The second-order valence-electron chi connectivity index (χ2n) is 5.75. The zero-order chi connectivity index (χ0) is 15.9. The van der Waals surface area contributed by atoms with E-state index in [1.165, 1.54) is 4.90 Å². The molecule has 120 valence electrons. The number of piperidine rings is 1. The van der Waals surface area contributed by atoms with Crippen molar-refractivity contribution in [2.24, 2.45) is 11.7 Å². The highest BCUT2D eigenvalue weighted by atomic mass is 16.4. The Hall–Kier alpha value is -2.08. The number of likely N-dealkylation sites (tertiary alicyclic amines) is 1. The highest BCUT2D eigenvalue weighted by Gasteiger charge is 2.23. The Morgan fingerprint density at radius 1 is 1.27 bits per heavy atom. The zero-order valence-electron chi connectivity index (χ0n) is 12.6. The molecule has 0 bridgehead atoms. The number of hydrogen-bond acceptors (Lipinski definition) is 3. The van der Waals surface area contributed by atoms with Gasteiger partial charge >= 0.3 is 6.09 Å². The number of amides is 2. The third-order valence-electron chi connectivity index (χ3n) is 4.09. The van der Waals surface area contributed by atoms with Gasteiger partial charge in [-0.05, 0) is 30.7 Å². The highest BCUT2D eigenvalue weighted by molar-refractivity contribution is 5.81. The molecule has 0 saturated carbocycles. The molecule has 1 unspecified atom stereocenters. The van der Waals surface area contributed by atoms with E-state index in [4.69, 9.17) is 10.8 Å². The van der Waals surface area contributed by atoms with Crippen LogP contribution in [0.4, 0.5) is 4.79 Å². The van der Waals surface area contributed by atoms with Crippen molar-refractivity contribution >= 4 is 12.0 Å². The molecule has 2 amide bonds. The van der Waals surface area contributed by atoms with Crippen molar-refractivity contribution in [1.29, 1.82) is 0 Å². The number of nitrogens with two attached hydrogens (primary N) is 1. The Morgan fingerprint density at radius 2 is 1.91 bits per heavy atom. The van der Waals surface area contributed by atoms with E-state index in [1.54, 1.807) is 0 Å². The van der Waals surface area contributed by atoms with Crippen LogP contribution in [0.1, 0.15) is 18.4 Å². The van der Waals surface area contributed by atoms with Gasteiger partial charge in [-0.1, -0.05) is 30.3 Å². The van der Waals surface area contributed by atoms with Gasteiger partial charge in [-0.2, -0.15) is 0 Å². The molecule has 22 heavy (non-hydrogen) atoms. The van der Waals surface area contributed by atoms with Gasteiger partial charge in [0, 0.05) is 19.6 Å². The Bertz CT molecular complexity index is 499. The van der Waals surface area contributed by atoms with Crippen LogP contribution >= 0.6 is 0 Å². The van der Waals surface area contributed by atoms with Crippen molar-refractivity contribution in [2.45, 2.75) is 25.3 Å². The molecule has 2 rings (SSSR count). The first-order valence-corrected chi connectivity index (χ1v) is 7.61. The molecule has 1 aromatic carbocycles. The Morgan fingerprint density at radius 3 is 2.50 bits per heavy atom. The first-order valence-electron chi connectivity index (χ1n) is 7.61. The summed E-state index contributed by atoms with van der Waals surface area (Å²) in [6, 6.07) is 9.13. The van der Waals surface area contributed by atoms with Crippen LogP contribution in [0.5, 0.6) is 0 Å². The molecule has 4 N–H and O–H groups in total. The molecule has 1 aliphatic rings. The maximum atomic E-state index is 12.0. The normalized spacial score (nSPS) is 17.0. The van der Waals surface area contributed by atoms with Crippen molar-refractivity contribution in [2.75, 3.05) is 19.6 Å². The van der Waals surface area contributed by atoms with Gasteiger partial charge < -0.3 is 21.1 Å². The maximum absolute atomic E-state index is 12.0. The van der Waals surface area contributed by atoms with Crippen molar-refractivity contribution < 1.29 is 14.7 Å². The van der Waals surface area contributed by atoms with Gasteiger partial charge in [0.15, 0.2) is 0 Å². The number of nitrogens with one attached hydrogen (secondary N) is 1. The topological polar surface area (TPSA) is 95.7 Å². The van der Waals surface area contributed by atoms with Crippen LogP contribution in [0, 0.1) is 5.92 Å². The van der Waals surface area contributed by atoms with Crippen LogP contribution in [-0.2, 0) is 11.2 Å². The summed E-state index contributed by atoms with van der Waals surface area (Å²) < 4.78 is 0. The number of rotatable bonds is 5. The van der Waals surface area contributed by atoms with Gasteiger partial charge in [-0.25, -0.2) is 4.79 Å². The van der Waals surface area contributed by atoms with E-state index in [0.717, 1.165) is 18.4 Å². The average Bonchev–Trinajstić information content (AvgIpc) is 2.53. The Labute approximate surface area is 130 Å². The van der Waals surface area contributed by atoms with Gasteiger partial charge in [0.1, 0.15) is 0 Å². The van der Waals surface area contributed by atoms with E-state index >= 15 is 0 Å². The van der Waals surface area contributed by atoms with Gasteiger partial charge in [0.05, 0.1) is 6.04 Å². The lowest BCUT2D eigenvalue weighted by Crippen LogP contribution is -2.45. The molecule has 0 aliphatic carbocycles. The molecule has 6 nitrogen and oxygen atoms in total. The molecule has 0 aromatic heterocycles. The minimum atomic E-state index is -0.868. The van der Waals surface area contributed by atoms with Crippen molar-refractivity contribution in [1.82, 2.24) is 10.2 Å². The van der Waals surface area contributed by atoms with E-state index in [2.05, 4.69) is 5.32 Å². The predicted octanol–water partition coefficient (Wildman–Crippen LogP) is 1.06. The largest absolute Gasteiger partial charge is 0.465 e. The van der Waals surface area contributed by atoms with E-state index in [0.29, 0.717) is 32.0 Å². The van der Waals surface area contributed by atoms with Crippen LogP contribution in [0.2, 0.25) is 0 Å². The number of nitrogens with zero attached hydrogens (tertiary/aromatic N) is 1. The summed E-state index contributed by atoms with van der Waals surface area (Å²) >= 11 is 0. The smallest absolute Gasteiger partial charge is 0.407 e. The van der Waals surface area contributed by atoms with Crippen molar-refractivity contribution in [3.63, 3.8) is 0 Å². The molecule has 6 heteroatoms. The minimum absolute atomic E-state index is 0.149. The average molecular weight is 305 g/mol. The number of hydrogen-bond donors (Lipinski definition) is 3. The number of benzene rings is 1. The molecule has 1 saturated heterocycles. The first-order chi connectivity index (χ1) is 10.6. The van der Waals surface area contributed by atoms with Crippen molar-refractivity contribution in [3.8, 4) is 0 Å². The zero-order valence-corrected chi connectivity index (χ0v) is 12.6. The minimum Gasteiger partial charge on any atom is -0.465 e. The lowest BCUT2D eigenvalue weighted by atomic mass is 9.97. The van der Waals surface area contributed by atoms with Crippen LogP contribution in [0.15, 0.2) is 30.3 Å². The summed E-state index contributed by atoms with van der Waals surface area (Å²) in [6.45, 7) is 1.63. The van der Waals surface area contributed by atoms with Gasteiger partial charge in [-0.3, -0.25) is 4.79 Å². The highest BCUT2D eigenvalue weighted by Crippen LogP contribution is 2.16. The fourth-order valence-electron chi connectivity index (χ4n) is 2.67. The quantitative estimate of drug-likeness (QED) is 0.758. The standard InChI is InChI=1S/C16H23N3O3/c17-14(10-12-4-2-1-3-5-12)15(20)18-11-13-6-8-19(9-7-13)16(21)22/h1-5,13-14H,6-11,17H2,(H,18,20)(H,21,22). The van der Waals surface area contributed by atoms with Crippen LogP contribution < -0.4 is 11.1 Å². The third-order valence-corrected chi connectivity index (χ3v) is 4.09. The lowest BCUT2D eigenvalue weighted by Gasteiger charge is -2.30. The summed E-state index contributed by atoms with van der Waals surface area (Å²) in [4.78, 5) is 24.3. The molecule has 1 fully saturated rings. The van der Waals surface area contributed by atoms with Crippen LogP contribution in [0.3, 0.4) is 0 Å². The molecule has 0 spiro atoms. The maximum Gasteiger partial charge on any atom is 0.407 e. The summed E-state index contributed by atoms with van der Waals surface area (Å²) in [5, 5.41) is 11.8. The predicted molar refractivity (Wildman–Crippen MR) is 83.5 cm³/mol. The molecule has 0 radical (unpaired) electrons. The Balaban J connectivity index is 1.70. The first kappa shape index (κ1) is 16.3. The van der Waals surface area contributed by atoms with E-state index in [9.17, 15) is 9.59 Å². The summed E-state index contributed by atoms with van der Waals surface area (Å²) in [5.74, 6) is 0.174. The second-order valence-corrected chi connectivity index (χ2v) is 5.75. The fourth-order valence-corrected chi connectivity index (χ4v) is 2.67. The fraction of sp³-hybridized carbons (Fsp3) is 0.500. The van der Waals surface area contributed by atoms with E-state index < -0.39 is 12.1 Å². The number of carbonyl (C=O) groups excluding carboxylic acids is 1. The summed E-state index contributed by atoms with van der Waals surface area (Å²) in [7, 11) is 0. The van der Waals surface area contributed by atoms with Gasteiger partial charge in [-0.15, -0.1) is 0 Å². The third kappa shape index (κ3) is 4.73. The second kappa shape index (κ2) is 7.79. The van der Waals surface area contributed by atoms with E-state index in [1.807, 2.05) is 30.3 Å². The van der Waals surface area contributed by atoms with Crippen molar-refractivity contribution in [3.05, 3.63) is 35.9 Å². The number of carboxylic acid groups (broad SMARTS) is 1.